The Kier molecular flexibility index (Phi) is 4.36. The number of nitrogens with two attached hydrogens (primary N) is 1. The zero-order valence-electron chi connectivity index (χ0n) is 10.6. The minimum Gasteiger partial charge on any atom is -0.378 e. The molecule has 0 spiro atoms. The van der Waals surface area contributed by atoms with E-state index in [0.29, 0.717) is 31.7 Å². The van der Waals surface area contributed by atoms with Gasteiger partial charge in [-0.25, -0.2) is 0 Å². The molecule has 0 radical (unpaired) electrons. The highest BCUT2D eigenvalue weighted by molar-refractivity contribution is 5.78. The van der Waals surface area contributed by atoms with Gasteiger partial charge in [-0.1, -0.05) is 6.92 Å². The van der Waals surface area contributed by atoms with Crippen LogP contribution in [-0.2, 0) is 9.53 Å². The van der Waals surface area contributed by atoms with E-state index in [0.717, 1.165) is 32.6 Å². The number of piperidine rings is 1. The number of amides is 1. The van der Waals surface area contributed by atoms with Crippen LogP contribution in [0.4, 0.5) is 0 Å². The van der Waals surface area contributed by atoms with E-state index in [2.05, 4.69) is 11.8 Å². The Morgan fingerprint density at radius 3 is 2.71 bits per heavy atom. The highest BCUT2D eigenvalue weighted by Gasteiger charge is 2.26. The van der Waals surface area contributed by atoms with Gasteiger partial charge in [-0.2, -0.15) is 0 Å². The van der Waals surface area contributed by atoms with Crippen molar-refractivity contribution in [3.63, 3.8) is 0 Å². The maximum Gasteiger partial charge on any atom is 0.236 e. The van der Waals surface area contributed by atoms with Crippen molar-refractivity contribution in [1.29, 1.82) is 0 Å². The Balaban J connectivity index is 1.78. The average molecular weight is 241 g/mol. The summed E-state index contributed by atoms with van der Waals surface area (Å²) in [5.74, 6) is 0.720. The largest absolute Gasteiger partial charge is 0.378 e. The van der Waals surface area contributed by atoms with Crippen molar-refractivity contribution in [2.75, 3.05) is 45.9 Å². The molecule has 0 aromatic carbocycles. The molecule has 2 unspecified atom stereocenters. The van der Waals surface area contributed by atoms with Crippen LogP contribution in [0.25, 0.3) is 0 Å². The van der Waals surface area contributed by atoms with Crippen molar-refractivity contribution in [3.8, 4) is 0 Å². The van der Waals surface area contributed by atoms with Gasteiger partial charge in [-0.3, -0.25) is 9.69 Å². The second-order valence-electron chi connectivity index (χ2n) is 5.16. The Morgan fingerprint density at radius 1 is 1.35 bits per heavy atom. The normalized spacial score (nSPS) is 31.5. The van der Waals surface area contributed by atoms with Crippen molar-refractivity contribution < 1.29 is 9.53 Å². The van der Waals surface area contributed by atoms with E-state index < -0.39 is 0 Å². The first-order valence-corrected chi connectivity index (χ1v) is 6.50. The Labute approximate surface area is 103 Å². The SMILES string of the molecule is CC1CN(CC(=O)N2CCOCC2)CCC1N. The summed E-state index contributed by atoms with van der Waals surface area (Å²) in [4.78, 5) is 16.2. The average Bonchev–Trinajstić information content (AvgIpc) is 2.35. The number of ether oxygens (including phenoxy) is 1. The van der Waals surface area contributed by atoms with Gasteiger partial charge in [0, 0.05) is 32.2 Å². The Morgan fingerprint density at radius 2 is 2.06 bits per heavy atom. The van der Waals surface area contributed by atoms with Crippen LogP contribution in [0, 0.1) is 5.92 Å². The molecule has 17 heavy (non-hydrogen) atoms. The van der Waals surface area contributed by atoms with Gasteiger partial charge in [-0.05, 0) is 12.3 Å². The maximum atomic E-state index is 12.1. The standard InChI is InChI=1S/C12H23N3O2/c1-10-8-14(3-2-11(10)13)9-12(16)15-4-6-17-7-5-15/h10-11H,2-9,13H2,1H3. The number of hydrogen-bond donors (Lipinski definition) is 1. The lowest BCUT2D eigenvalue weighted by Crippen LogP contribution is -2.51. The first-order chi connectivity index (χ1) is 8.16. The van der Waals surface area contributed by atoms with Crippen LogP contribution < -0.4 is 5.73 Å². The minimum atomic E-state index is 0.232. The van der Waals surface area contributed by atoms with E-state index in [9.17, 15) is 4.79 Å². The molecular formula is C12H23N3O2. The molecule has 2 heterocycles. The number of morpholine rings is 1. The predicted molar refractivity (Wildman–Crippen MR) is 65.6 cm³/mol. The van der Waals surface area contributed by atoms with Crippen molar-refractivity contribution in [2.45, 2.75) is 19.4 Å². The number of carbonyl (C=O) groups excluding carboxylic acids is 1. The molecule has 2 rings (SSSR count). The quantitative estimate of drug-likeness (QED) is 0.709. The van der Waals surface area contributed by atoms with Gasteiger partial charge in [0.05, 0.1) is 19.8 Å². The Bertz CT molecular complexity index is 266. The number of nitrogens with zero attached hydrogens (tertiary/aromatic N) is 2. The first-order valence-electron chi connectivity index (χ1n) is 6.50. The minimum absolute atomic E-state index is 0.232. The monoisotopic (exact) mass is 241 g/mol. The van der Waals surface area contributed by atoms with Crippen LogP contribution in [0.3, 0.4) is 0 Å². The van der Waals surface area contributed by atoms with Gasteiger partial charge in [-0.15, -0.1) is 0 Å². The third-order valence-electron chi connectivity index (χ3n) is 3.78. The van der Waals surface area contributed by atoms with E-state index in [1.54, 1.807) is 0 Å². The highest BCUT2D eigenvalue weighted by atomic mass is 16.5. The fourth-order valence-electron chi connectivity index (χ4n) is 2.50. The Hall–Kier alpha value is -0.650. The molecule has 2 fully saturated rings. The van der Waals surface area contributed by atoms with Crippen LogP contribution in [-0.4, -0.2) is 67.7 Å². The van der Waals surface area contributed by atoms with Crippen LogP contribution >= 0.6 is 0 Å². The van der Waals surface area contributed by atoms with Gasteiger partial charge in [0.2, 0.25) is 5.91 Å². The van der Waals surface area contributed by atoms with E-state index in [4.69, 9.17) is 10.5 Å². The lowest BCUT2D eigenvalue weighted by atomic mass is 9.95. The molecule has 0 aromatic rings. The summed E-state index contributed by atoms with van der Waals surface area (Å²) in [6.45, 7) is 7.41. The van der Waals surface area contributed by atoms with Crippen LogP contribution in [0.15, 0.2) is 0 Å². The second kappa shape index (κ2) is 5.80. The van der Waals surface area contributed by atoms with Gasteiger partial charge in [0.1, 0.15) is 0 Å². The van der Waals surface area contributed by atoms with Gasteiger partial charge >= 0.3 is 0 Å². The second-order valence-corrected chi connectivity index (χ2v) is 5.16. The van der Waals surface area contributed by atoms with E-state index >= 15 is 0 Å². The summed E-state index contributed by atoms with van der Waals surface area (Å²) in [5.41, 5.74) is 5.98. The number of carbonyl (C=O) groups is 1. The van der Waals surface area contributed by atoms with Gasteiger partial charge in [0.15, 0.2) is 0 Å². The molecule has 2 aliphatic rings. The fourth-order valence-corrected chi connectivity index (χ4v) is 2.50. The number of rotatable bonds is 2. The molecule has 1 amide bonds. The van der Waals surface area contributed by atoms with Gasteiger partial charge < -0.3 is 15.4 Å². The molecule has 2 saturated heterocycles. The van der Waals surface area contributed by atoms with E-state index in [1.165, 1.54) is 0 Å². The molecule has 5 nitrogen and oxygen atoms in total. The van der Waals surface area contributed by atoms with E-state index in [-0.39, 0.29) is 5.91 Å². The summed E-state index contributed by atoms with van der Waals surface area (Å²) in [7, 11) is 0. The molecule has 98 valence electrons. The zero-order valence-corrected chi connectivity index (χ0v) is 10.6. The van der Waals surface area contributed by atoms with Crippen LogP contribution in [0.2, 0.25) is 0 Å². The van der Waals surface area contributed by atoms with Crippen molar-refractivity contribution >= 4 is 5.91 Å². The maximum absolute atomic E-state index is 12.1. The lowest BCUT2D eigenvalue weighted by molar-refractivity contribution is -0.136. The predicted octanol–water partition coefficient (Wildman–Crippen LogP) is -0.486. The molecule has 0 aromatic heterocycles. The summed E-state index contributed by atoms with van der Waals surface area (Å²) in [6, 6.07) is 0.296. The number of likely N-dealkylation sites (tertiary alicyclic amines) is 1. The van der Waals surface area contributed by atoms with Crippen molar-refractivity contribution in [3.05, 3.63) is 0 Å². The third kappa shape index (κ3) is 3.40. The molecule has 2 N–H and O–H groups in total. The number of hydrogen-bond acceptors (Lipinski definition) is 4. The van der Waals surface area contributed by atoms with Crippen LogP contribution in [0.1, 0.15) is 13.3 Å². The summed E-state index contributed by atoms with van der Waals surface area (Å²) in [5, 5.41) is 0. The molecular weight excluding hydrogens is 218 g/mol. The van der Waals surface area contributed by atoms with Gasteiger partial charge in [0.25, 0.3) is 0 Å². The molecule has 0 bridgehead atoms. The zero-order chi connectivity index (χ0) is 12.3. The van der Waals surface area contributed by atoms with Crippen LogP contribution in [0.5, 0.6) is 0 Å². The van der Waals surface area contributed by atoms with Crippen molar-refractivity contribution in [2.24, 2.45) is 11.7 Å². The topological polar surface area (TPSA) is 58.8 Å². The van der Waals surface area contributed by atoms with E-state index in [1.807, 2.05) is 4.90 Å². The fraction of sp³-hybridized carbons (Fsp3) is 0.917. The molecule has 0 saturated carbocycles. The molecule has 2 aliphatic heterocycles. The summed E-state index contributed by atoms with van der Waals surface area (Å²) in [6.07, 6.45) is 0.998. The third-order valence-corrected chi connectivity index (χ3v) is 3.78. The lowest BCUT2D eigenvalue weighted by Gasteiger charge is -2.36. The van der Waals surface area contributed by atoms with Crippen molar-refractivity contribution in [1.82, 2.24) is 9.80 Å². The highest BCUT2D eigenvalue weighted by Crippen LogP contribution is 2.14. The summed E-state index contributed by atoms with van der Waals surface area (Å²) < 4.78 is 5.25. The smallest absolute Gasteiger partial charge is 0.236 e. The molecule has 0 aliphatic carbocycles. The molecule has 5 heteroatoms. The summed E-state index contributed by atoms with van der Waals surface area (Å²) >= 11 is 0. The molecule has 2 atom stereocenters. The first kappa shape index (κ1) is 12.8.